The van der Waals surface area contributed by atoms with E-state index >= 15 is 0 Å². The molecule has 12 nitrogen and oxygen atoms in total. The Hall–Kier alpha value is -16.6. The fourth-order valence-electron chi connectivity index (χ4n) is 17.0. The Morgan fingerprint density at radius 1 is 0.170 bits per heavy atom. The van der Waals surface area contributed by atoms with Crippen molar-refractivity contribution < 1.29 is 0 Å². The molecule has 646 valence electrons. The third-order valence-electron chi connectivity index (χ3n) is 23.3. The molecule has 0 atom stereocenters. The second kappa shape index (κ2) is 39.6. The van der Waals surface area contributed by atoms with Gasteiger partial charge in [0.05, 0.1) is 80.8 Å². The third-order valence-corrected chi connectivity index (χ3v) is 26.8. The van der Waals surface area contributed by atoms with Gasteiger partial charge in [0.2, 0.25) is 0 Å². The number of hydrogen-bond acceptors (Lipinski definition) is 15. The SMILES string of the molecule is Cc1cc(-c2ccc(-c3ccccc3)cc2)c2ncccc2n1.Cc1cc(-c2cccc(-c3ccccc3)c2)c2ncccc2n1.Cc1cc(-c2ccccc2)c2ncccc2n1.Cc1nc(-c2ccc(-c3ccccc3)cc2)c2sc3ccccc3c2n1.Cc1nc(-c2cccc(-c3ccccc3)c2)c2sc3ccccc3c2n1.Cc1nc(-c2ccccc2)c2sc3ccccc3c2n1. The molecule has 0 radical (unpaired) electrons. The molecule has 0 unspecified atom stereocenters. The molecule has 0 aliphatic rings. The topological polar surface area (TPSA) is 155 Å². The van der Waals surface area contributed by atoms with Crippen molar-refractivity contribution in [1.29, 1.82) is 0 Å². The number of aryl methyl sites for hydroxylation is 6. The van der Waals surface area contributed by atoms with E-state index in [9.17, 15) is 0 Å². The molecule has 0 fully saturated rings. The van der Waals surface area contributed by atoms with Crippen LogP contribution in [0.25, 0.3) is 206 Å². The van der Waals surface area contributed by atoms with Crippen LogP contribution in [0, 0.1) is 41.5 Å². The van der Waals surface area contributed by atoms with Gasteiger partial charge in [-0.15, -0.1) is 34.0 Å². The van der Waals surface area contributed by atoms with Gasteiger partial charge in [0, 0.05) is 99.3 Å². The quantitative estimate of drug-likeness (QED) is 0.128. The third kappa shape index (κ3) is 19.2. The normalized spacial score (nSPS) is 11.0. The van der Waals surface area contributed by atoms with E-state index in [4.69, 9.17) is 19.9 Å². The van der Waals surface area contributed by atoms with Crippen molar-refractivity contribution >= 4 is 128 Å². The zero-order chi connectivity index (χ0) is 91.5. The monoisotopic (exact) mass is 1790 g/mol. The minimum atomic E-state index is 0.807. The highest BCUT2D eigenvalue weighted by Gasteiger charge is 2.20. The number of pyridine rings is 6. The summed E-state index contributed by atoms with van der Waals surface area (Å²) in [5, 5.41) is 3.63. The molecule has 25 aromatic rings. The van der Waals surface area contributed by atoms with Gasteiger partial charge in [0.25, 0.3) is 0 Å². The molecule has 0 saturated carbocycles. The Kier molecular flexibility index (Phi) is 25.4. The number of thiophene rings is 3. The van der Waals surface area contributed by atoms with Gasteiger partial charge in [0.15, 0.2) is 0 Å². The first-order valence-electron chi connectivity index (χ1n) is 44.8. The Morgan fingerprint density at radius 3 is 0.778 bits per heavy atom. The minimum absolute atomic E-state index is 0.807. The molecule has 0 bridgehead atoms. The van der Waals surface area contributed by atoms with Crippen LogP contribution in [0.1, 0.15) is 34.6 Å². The van der Waals surface area contributed by atoms with Crippen LogP contribution in [0.3, 0.4) is 0 Å². The van der Waals surface area contributed by atoms with E-state index in [1.54, 1.807) is 34.0 Å². The summed E-state index contributed by atoms with van der Waals surface area (Å²) in [4.78, 5) is 55.5. The zero-order valence-electron chi connectivity index (χ0n) is 75.0. The number of fused-ring (bicyclic) bond motifs is 12. The van der Waals surface area contributed by atoms with E-state index in [2.05, 4.69) is 349 Å². The molecule has 0 saturated heterocycles. The smallest absolute Gasteiger partial charge is 0.126 e. The van der Waals surface area contributed by atoms with Gasteiger partial charge in [-0.1, -0.05) is 322 Å². The van der Waals surface area contributed by atoms with Crippen molar-refractivity contribution in [2.24, 2.45) is 0 Å². The first-order valence-corrected chi connectivity index (χ1v) is 47.2. The summed E-state index contributed by atoms with van der Waals surface area (Å²) in [7, 11) is 0. The highest BCUT2D eigenvalue weighted by molar-refractivity contribution is 7.27. The molecular weight excluding hydrogens is 1710 g/mol. The second-order valence-electron chi connectivity index (χ2n) is 32.7. The fourth-order valence-corrected chi connectivity index (χ4v) is 20.5. The summed E-state index contributed by atoms with van der Waals surface area (Å²) in [6, 6.07) is 140. The molecular formula is C120H88N12S3. The van der Waals surface area contributed by atoms with Crippen LogP contribution in [-0.2, 0) is 0 Å². The highest BCUT2D eigenvalue weighted by atomic mass is 32.1. The van der Waals surface area contributed by atoms with Crippen molar-refractivity contribution in [2.45, 2.75) is 41.5 Å². The van der Waals surface area contributed by atoms with Crippen molar-refractivity contribution in [2.75, 3.05) is 0 Å². The number of nitrogens with zero attached hydrogens (tertiary/aromatic N) is 12. The van der Waals surface area contributed by atoms with Gasteiger partial charge in [-0.2, -0.15) is 0 Å². The maximum absolute atomic E-state index is 4.80. The molecule has 12 aromatic heterocycles. The van der Waals surface area contributed by atoms with Gasteiger partial charge >= 0.3 is 0 Å². The Balaban J connectivity index is 0.000000101. The molecule has 12 heterocycles. The van der Waals surface area contributed by atoms with Gasteiger partial charge in [0.1, 0.15) is 17.5 Å². The molecule has 13 aromatic carbocycles. The van der Waals surface area contributed by atoms with Gasteiger partial charge < -0.3 is 0 Å². The zero-order valence-corrected chi connectivity index (χ0v) is 77.5. The fraction of sp³-hybridized carbons (Fsp3) is 0.0500. The lowest BCUT2D eigenvalue weighted by molar-refractivity contribution is 1.10. The summed E-state index contributed by atoms with van der Waals surface area (Å²) in [5.74, 6) is 2.43. The van der Waals surface area contributed by atoms with Gasteiger partial charge in [-0.25, -0.2) is 29.9 Å². The standard InChI is InChI=1S/2C23H16N2S.2C21H16N2.C17H12N2S.C15H12N2/c1-15-24-21(23-22(25-15)19-12-5-6-13-20(19)26-23)18-11-7-10-17(14-18)16-8-3-2-4-9-16;1-15-24-21(23-22(25-15)19-9-5-6-10-20(19)26-23)18-13-11-17(12-14-18)16-7-3-2-4-8-16;1-15-13-19(21-20(23-15)11-6-12-22-21)18-10-5-9-17(14-18)16-7-3-2-4-8-16;1-15-14-19(21-20(23-15)8-5-13-22-21)18-11-9-17(10-12-18)16-6-3-2-4-7-16;1-11-18-15(12-7-3-2-4-8-12)17-16(19-11)13-9-5-6-10-14(13)20-17;1-11-10-13(12-6-3-2-4-7-12)15-14(17-11)8-5-9-16-15/h2*2-14H,1H3;2*2-14H,1H3;2-10H,1H3;2-10H,1H3. The average molecular weight is 1790 g/mol. The largest absolute Gasteiger partial charge is 0.254 e. The average Bonchev–Trinajstić information content (AvgIpc) is 1.77. The Morgan fingerprint density at radius 2 is 0.415 bits per heavy atom. The summed E-state index contributed by atoms with van der Waals surface area (Å²) >= 11 is 5.30. The number of aromatic nitrogens is 12. The van der Waals surface area contributed by atoms with E-state index in [1.807, 2.05) is 157 Å². The van der Waals surface area contributed by atoms with Gasteiger partial charge in [-0.05, 0) is 188 Å². The van der Waals surface area contributed by atoms with Crippen LogP contribution in [-0.4, -0.2) is 59.8 Å². The van der Waals surface area contributed by atoms with Crippen molar-refractivity contribution in [3.05, 3.63) is 460 Å². The predicted octanol–water partition coefficient (Wildman–Crippen LogP) is 31.9. The maximum atomic E-state index is 4.80. The van der Waals surface area contributed by atoms with E-state index in [1.165, 1.54) is 96.2 Å². The molecule has 0 amide bonds. The van der Waals surface area contributed by atoms with Crippen LogP contribution in [0.4, 0.5) is 0 Å². The molecule has 0 aliphatic heterocycles. The summed E-state index contributed by atoms with van der Waals surface area (Å²) in [5.41, 5.74) is 35.0. The van der Waals surface area contributed by atoms with E-state index in [0.717, 1.165) is 144 Å². The molecule has 25 rings (SSSR count). The predicted molar refractivity (Wildman–Crippen MR) is 566 cm³/mol. The summed E-state index contributed by atoms with van der Waals surface area (Å²) < 4.78 is 7.25. The van der Waals surface area contributed by atoms with Crippen molar-refractivity contribution in [1.82, 2.24) is 59.8 Å². The number of hydrogen-bond donors (Lipinski definition) is 0. The first kappa shape index (κ1) is 86.5. The minimum Gasteiger partial charge on any atom is -0.254 e. The van der Waals surface area contributed by atoms with Crippen molar-refractivity contribution in [3.8, 4) is 112 Å². The number of rotatable bonds is 10. The summed E-state index contributed by atoms with van der Waals surface area (Å²) in [6.45, 7) is 12.0. The van der Waals surface area contributed by atoms with Gasteiger partial charge in [-0.3, -0.25) is 29.9 Å². The van der Waals surface area contributed by atoms with Crippen LogP contribution in [0.2, 0.25) is 0 Å². The molecule has 0 N–H and O–H groups in total. The lowest BCUT2D eigenvalue weighted by Crippen LogP contribution is -1.92. The second-order valence-corrected chi connectivity index (χ2v) is 35.9. The molecule has 0 aliphatic carbocycles. The van der Waals surface area contributed by atoms with E-state index < -0.39 is 0 Å². The van der Waals surface area contributed by atoms with E-state index in [0.29, 0.717) is 0 Å². The lowest BCUT2D eigenvalue weighted by Gasteiger charge is -2.09. The van der Waals surface area contributed by atoms with Crippen LogP contribution in [0.5, 0.6) is 0 Å². The highest BCUT2D eigenvalue weighted by Crippen LogP contribution is 2.43. The Bertz CT molecular complexity index is 8540. The molecule has 135 heavy (non-hydrogen) atoms. The number of benzene rings is 13. The first-order chi connectivity index (χ1) is 66.4. The van der Waals surface area contributed by atoms with Crippen LogP contribution < -0.4 is 0 Å². The Labute approximate surface area is 794 Å². The maximum Gasteiger partial charge on any atom is 0.126 e. The lowest BCUT2D eigenvalue weighted by atomic mass is 9.98. The van der Waals surface area contributed by atoms with Crippen LogP contribution in [0.15, 0.2) is 425 Å². The molecule has 0 spiro atoms. The molecule has 15 heteroatoms. The van der Waals surface area contributed by atoms with E-state index in [-0.39, 0.29) is 0 Å². The van der Waals surface area contributed by atoms with Crippen molar-refractivity contribution in [3.63, 3.8) is 0 Å². The summed E-state index contributed by atoms with van der Waals surface area (Å²) in [6.07, 6.45) is 5.46. The van der Waals surface area contributed by atoms with Crippen LogP contribution >= 0.6 is 34.0 Å².